The number of rotatable bonds is 8. The molecule has 1 saturated heterocycles. The first-order chi connectivity index (χ1) is 14.5. The van der Waals surface area contributed by atoms with E-state index in [0.717, 1.165) is 77.6 Å². The fourth-order valence-corrected chi connectivity index (χ4v) is 4.44. The number of methoxy groups -OCH3 is 1. The molecular weight excluding hydrogens is 503 g/mol. The van der Waals surface area contributed by atoms with Crippen LogP contribution in [0.2, 0.25) is 0 Å². The van der Waals surface area contributed by atoms with Crippen LogP contribution < -0.4 is 5.32 Å². The lowest BCUT2D eigenvalue weighted by Gasteiger charge is -2.42. The van der Waals surface area contributed by atoms with Gasteiger partial charge in [-0.3, -0.25) is 9.89 Å². The summed E-state index contributed by atoms with van der Waals surface area (Å²) >= 11 is 0. The van der Waals surface area contributed by atoms with Crippen molar-refractivity contribution >= 4 is 29.9 Å². The molecule has 0 aromatic heterocycles. The normalized spacial score (nSPS) is 18.5. The van der Waals surface area contributed by atoms with Crippen molar-refractivity contribution in [1.29, 1.82) is 0 Å². The van der Waals surface area contributed by atoms with Crippen LogP contribution in [0.3, 0.4) is 0 Å². The molecule has 2 heterocycles. The van der Waals surface area contributed by atoms with Gasteiger partial charge < -0.3 is 19.7 Å². The summed E-state index contributed by atoms with van der Waals surface area (Å²) in [6.45, 7) is 11.2. The Balaban J connectivity index is 0.00000341. The van der Waals surface area contributed by atoms with E-state index in [1.54, 1.807) is 7.11 Å². The van der Waals surface area contributed by atoms with Crippen molar-refractivity contribution in [3.63, 3.8) is 0 Å². The average molecular weight is 545 g/mol. The molecule has 1 aromatic rings. The molecule has 1 aromatic carbocycles. The molecule has 0 unspecified atom stereocenters. The highest BCUT2D eigenvalue weighted by atomic mass is 127. The molecule has 31 heavy (non-hydrogen) atoms. The molecule has 0 atom stereocenters. The topological polar surface area (TPSA) is 49.3 Å². The van der Waals surface area contributed by atoms with E-state index < -0.39 is 0 Å². The van der Waals surface area contributed by atoms with Crippen molar-refractivity contribution in [2.24, 2.45) is 4.99 Å². The maximum Gasteiger partial charge on any atom is 0.193 e. The zero-order chi connectivity index (χ0) is 21.4. The number of halogens is 1. The van der Waals surface area contributed by atoms with Crippen LogP contribution in [0.15, 0.2) is 29.3 Å². The first-order valence-corrected chi connectivity index (χ1v) is 11.4. The molecule has 2 aliphatic heterocycles. The van der Waals surface area contributed by atoms with E-state index in [1.165, 1.54) is 11.1 Å². The van der Waals surface area contributed by atoms with Gasteiger partial charge in [0.2, 0.25) is 0 Å². The molecular formula is C24H41IN4O2. The summed E-state index contributed by atoms with van der Waals surface area (Å²) in [5.74, 6) is 1.01. The van der Waals surface area contributed by atoms with Crippen molar-refractivity contribution in [1.82, 2.24) is 15.1 Å². The predicted octanol–water partition coefficient (Wildman–Crippen LogP) is 3.53. The van der Waals surface area contributed by atoms with Gasteiger partial charge in [-0.15, -0.1) is 24.0 Å². The van der Waals surface area contributed by atoms with Gasteiger partial charge >= 0.3 is 0 Å². The lowest BCUT2D eigenvalue weighted by Crippen LogP contribution is -2.56. The first-order valence-electron chi connectivity index (χ1n) is 11.4. The summed E-state index contributed by atoms with van der Waals surface area (Å²) in [5, 5.41) is 3.65. The molecule has 1 fully saturated rings. The molecule has 7 heteroatoms. The van der Waals surface area contributed by atoms with Gasteiger partial charge in [0, 0.05) is 65.6 Å². The third-order valence-electron chi connectivity index (χ3n) is 6.47. The maximum atomic E-state index is 6.00. The Labute approximate surface area is 205 Å². The van der Waals surface area contributed by atoms with Gasteiger partial charge in [-0.2, -0.15) is 0 Å². The van der Waals surface area contributed by atoms with E-state index in [0.29, 0.717) is 6.10 Å². The molecule has 0 bridgehead atoms. The Bertz CT molecular complexity index is 690. The molecule has 176 valence electrons. The molecule has 2 aliphatic rings. The number of likely N-dealkylation sites (tertiary alicyclic amines) is 1. The third kappa shape index (κ3) is 7.58. The van der Waals surface area contributed by atoms with Crippen molar-refractivity contribution in [2.45, 2.75) is 57.7 Å². The number of hydrogen-bond donors (Lipinski definition) is 1. The van der Waals surface area contributed by atoms with Crippen LogP contribution in [0, 0.1) is 0 Å². The number of hydrogen-bond acceptors (Lipinski definition) is 4. The summed E-state index contributed by atoms with van der Waals surface area (Å²) in [6.07, 6.45) is 4.57. The highest BCUT2D eigenvalue weighted by Gasteiger charge is 2.30. The van der Waals surface area contributed by atoms with Gasteiger partial charge in [-0.05, 0) is 50.7 Å². The minimum atomic E-state index is 0. The number of fused-ring (bicyclic) bond motifs is 1. The maximum absolute atomic E-state index is 6.00. The molecule has 0 aliphatic carbocycles. The van der Waals surface area contributed by atoms with Gasteiger partial charge in [0.05, 0.1) is 6.10 Å². The quantitative estimate of drug-likeness (QED) is 0.235. The summed E-state index contributed by atoms with van der Waals surface area (Å²) in [6, 6.07) is 8.84. The van der Waals surface area contributed by atoms with Crippen LogP contribution in [0.5, 0.6) is 0 Å². The SMILES string of the molecule is CN=C(NCC(C)(C)N1CCc2ccccc2C1)N1CCC(OCCCOC)CC1.I. The van der Waals surface area contributed by atoms with Crippen LogP contribution in [-0.4, -0.2) is 81.0 Å². The van der Waals surface area contributed by atoms with Gasteiger partial charge in [-0.25, -0.2) is 0 Å². The highest BCUT2D eigenvalue weighted by Crippen LogP contribution is 2.25. The minimum absolute atomic E-state index is 0. The largest absolute Gasteiger partial charge is 0.385 e. The lowest BCUT2D eigenvalue weighted by atomic mass is 9.94. The second kappa shape index (κ2) is 13.0. The number of piperidine rings is 1. The number of aliphatic imine (C=N–C) groups is 1. The minimum Gasteiger partial charge on any atom is -0.385 e. The van der Waals surface area contributed by atoms with Crippen LogP contribution >= 0.6 is 24.0 Å². The zero-order valence-electron chi connectivity index (χ0n) is 19.7. The number of nitrogens with one attached hydrogen (secondary N) is 1. The number of ether oxygens (including phenoxy) is 2. The van der Waals surface area contributed by atoms with Crippen LogP contribution in [0.1, 0.15) is 44.2 Å². The lowest BCUT2D eigenvalue weighted by molar-refractivity contribution is 0.00973. The molecule has 0 spiro atoms. The Hall–Kier alpha value is -0.900. The van der Waals surface area contributed by atoms with Gasteiger partial charge in [0.25, 0.3) is 0 Å². The van der Waals surface area contributed by atoms with Gasteiger partial charge in [0.15, 0.2) is 5.96 Å². The van der Waals surface area contributed by atoms with E-state index in [9.17, 15) is 0 Å². The third-order valence-corrected chi connectivity index (χ3v) is 6.47. The smallest absolute Gasteiger partial charge is 0.193 e. The second-order valence-corrected chi connectivity index (χ2v) is 9.06. The van der Waals surface area contributed by atoms with Crippen molar-refractivity contribution < 1.29 is 9.47 Å². The Morgan fingerprint density at radius 3 is 2.52 bits per heavy atom. The monoisotopic (exact) mass is 544 g/mol. The molecule has 0 radical (unpaired) electrons. The fraction of sp³-hybridized carbons (Fsp3) is 0.708. The summed E-state index contributed by atoms with van der Waals surface area (Å²) in [4.78, 5) is 9.53. The Morgan fingerprint density at radius 2 is 1.84 bits per heavy atom. The Kier molecular flexibility index (Phi) is 11.0. The van der Waals surface area contributed by atoms with E-state index >= 15 is 0 Å². The van der Waals surface area contributed by atoms with E-state index in [1.807, 2.05) is 7.05 Å². The van der Waals surface area contributed by atoms with E-state index in [-0.39, 0.29) is 29.5 Å². The summed E-state index contributed by atoms with van der Waals surface area (Å²) in [5.41, 5.74) is 3.03. The van der Waals surface area contributed by atoms with E-state index in [4.69, 9.17) is 9.47 Å². The van der Waals surface area contributed by atoms with Crippen LogP contribution in [0.4, 0.5) is 0 Å². The van der Waals surface area contributed by atoms with Crippen LogP contribution in [-0.2, 0) is 22.4 Å². The van der Waals surface area contributed by atoms with Crippen molar-refractivity contribution in [2.75, 3.05) is 53.6 Å². The van der Waals surface area contributed by atoms with E-state index in [2.05, 4.69) is 58.2 Å². The second-order valence-electron chi connectivity index (χ2n) is 9.06. The van der Waals surface area contributed by atoms with Crippen molar-refractivity contribution in [3.8, 4) is 0 Å². The van der Waals surface area contributed by atoms with Gasteiger partial charge in [0.1, 0.15) is 0 Å². The molecule has 3 rings (SSSR count). The molecule has 0 amide bonds. The van der Waals surface area contributed by atoms with Gasteiger partial charge in [-0.1, -0.05) is 24.3 Å². The summed E-state index contributed by atoms with van der Waals surface area (Å²) < 4.78 is 11.1. The number of guanidine groups is 1. The standard InChI is InChI=1S/C24H40N4O2.HI/c1-24(2,28-15-10-20-8-5-6-9-21(20)18-28)19-26-23(25-3)27-13-11-22(12-14-27)30-17-7-16-29-4;/h5-6,8-9,22H,7,10-19H2,1-4H3,(H,25,26);1H. The Morgan fingerprint density at radius 1 is 1.13 bits per heavy atom. The zero-order valence-corrected chi connectivity index (χ0v) is 22.1. The fourth-order valence-electron chi connectivity index (χ4n) is 4.44. The number of nitrogens with zero attached hydrogens (tertiary/aromatic N) is 3. The molecule has 6 nitrogen and oxygen atoms in total. The van der Waals surface area contributed by atoms with Crippen molar-refractivity contribution in [3.05, 3.63) is 35.4 Å². The average Bonchev–Trinajstić information content (AvgIpc) is 2.77. The number of benzene rings is 1. The van der Waals surface area contributed by atoms with Crippen LogP contribution in [0.25, 0.3) is 0 Å². The first kappa shape index (κ1) is 26.4. The predicted molar refractivity (Wildman–Crippen MR) is 138 cm³/mol. The summed E-state index contributed by atoms with van der Waals surface area (Å²) in [7, 11) is 3.63. The molecule has 1 N–H and O–H groups in total. The molecule has 0 saturated carbocycles. The highest BCUT2D eigenvalue weighted by molar-refractivity contribution is 14.0.